The first-order chi connectivity index (χ1) is 18.9. The highest BCUT2D eigenvalue weighted by Gasteiger charge is 2.83. The zero-order valence-electron chi connectivity index (χ0n) is 24.7. The molecule has 3 aliphatic carbocycles. The van der Waals surface area contributed by atoms with Gasteiger partial charge in [0.2, 0.25) is 5.60 Å². The minimum absolute atomic E-state index is 0.0282. The van der Waals surface area contributed by atoms with Crippen LogP contribution in [0.4, 0.5) is 0 Å². The van der Waals surface area contributed by atoms with Crippen molar-refractivity contribution in [2.24, 2.45) is 46.3 Å². The van der Waals surface area contributed by atoms with E-state index in [1.165, 1.54) is 5.57 Å². The zero-order chi connectivity index (χ0) is 28.4. The zero-order valence-corrected chi connectivity index (χ0v) is 24.7. The molecule has 2 saturated heterocycles. The van der Waals surface area contributed by atoms with Gasteiger partial charge in [0.05, 0.1) is 0 Å². The van der Waals surface area contributed by atoms with Gasteiger partial charge in [0, 0.05) is 36.2 Å². The van der Waals surface area contributed by atoms with Crippen molar-refractivity contribution in [2.75, 3.05) is 6.61 Å². The fourth-order valence-electron chi connectivity index (χ4n) is 10.7. The second kappa shape index (κ2) is 8.32. The molecule has 4 heterocycles. The summed E-state index contributed by atoms with van der Waals surface area (Å²) < 4.78 is 19.6. The molecule has 4 fully saturated rings. The molecule has 12 atom stereocenters. The first-order valence-electron chi connectivity index (χ1n) is 15.2. The van der Waals surface area contributed by atoms with Gasteiger partial charge >= 0.3 is 0 Å². The Balaban J connectivity index is 1.47. The van der Waals surface area contributed by atoms with Crippen molar-refractivity contribution in [2.45, 2.75) is 84.3 Å². The highest BCUT2D eigenvalue weighted by atomic mass is 16.7. The molecule has 6 nitrogen and oxygen atoms in total. The van der Waals surface area contributed by atoms with E-state index in [0.29, 0.717) is 24.9 Å². The van der Waals surface area contributed by atoms with Gasteiger partial charge in [-0.1, -0.05) is 57.6 Å². The van der Waals surface area contributed by atoms with Crippen LogP contribution < -0.4 is 10.1 Å². The Labute approximate surface area is 237 Å². The predicted molar refractivity (Wildman–Crippen MR) is 151 cm³/mol. The maximum absolute atomic E-state index is 15.1. The Kier molecular flexibility index (Phi) is 5.50. The van der Waals surface area contributed by atoms with Crippen LogP contribution in [0, 0.1) is 46.3 Å². The van der Waals surface area contributed by atoms with E-state index in [1.54, 1.807) is 0 Å². The van der Waals surface area contributed by atoms with Crippen LogP contribution in [-0.4, -0.2) is 41.8 Å². The van der Waals surface area contributed by atoms with Crippen molar-refractivity contribution in [3.05, 3.63) is 54.1 Å². The van der Waals surface area contributed by atoms with E-state index >= 15 is 4.79 Å². The largest absolute Gasteiger partial charge is 0.490 e. The van der Waals surface area contributed by atoms with Crippen molar-refractivity contribution in [3.8, 4) is 5.75 Å². The number of hydrogen-bond acceptors (Lipinski definition) is 5. The molecule has 6 heteroatoms. The number of ketones is 1. The third kappa shape index (κ3) is 3.18. The molecular weight excluding hydrogens is 502 g/mol. The van der Waals surface area contributed by atoms with E-state index in [-0.39, 0.29) is 41.0 Å². The molecular formula is C34H43NO5. The molecule has 2 saturated carbocycles. The maximum atomic E-state index is 15.1. The van der Waals surface area contributed by atoms with Gasteiger partial charge in [-0.3, -0.25) is 9.59 Å². The monoisotopic (exact) mass is 545 g/mol. The Morgan fingerprint density at radius 2 is 1.88 bits per heavy atom. The van der Waals surface area contributed by atoms with Crippen molar-refractivity contribution < 1.29 is 23.8 Å². The van der Waals surface area contributed by atoms with E-state index in [2.05, 4.69) is 64.7 Å². The summed E-state index contributed by atoms with van der Waals surface area (Å²) in [5.41, 5.74) is -0.991. The number of epoxide rings is 1. The second-order valence-corrected chi connectivity index (χ2v) is 14.3. The number of ether oxygens (including phenoxy) is 3. The van der Waals surface area contributed by atoms with E-state index < -0.39 is 28.8 Å². The number of allylic oxidation sites excluding steroid dienone is 3. The van der Waals surface area contributed by atoms with Gasteiger partial charge in [-0.2, -0.15) is 0 Å². The van der Waals surface area contributed by atoms with Crippen LogP contribution in [0.2, 0.25) is 0 Å². The van der Waals surface area contributed by atoms with Gasteiger partial charge in [-0.15, -0.1) is 6.58 Å². The lowest BCUT2D eigenvalue weighted by molar-refractivity contribution is -0.146. The highest BCUT2D eigenvalue weighted by molar-refractivity contribution is 6.16. The number of carbonyl (C=O) groups is 2. The number of rotatable bonds is 3. The first-order valence-corrected chi connectivity index (χ1v) is 15.2. The fraction of sp³-hybridized carbons (Fsp3) is 0.647. The van der Waals surface area contributed by atoms with Crippen LogP contribution >= 0.6 is 0 Å². The molecule has 1 N–H and O–H groups in total. The number of hydrogen-bond donors (Lipinski definition) is 1. The topological polar surface area (TPSA) is 77.2 Å². The van der Waals surface area contributed by atoms with Gasteiger partial charge < -0.3 is 19.5 Å². The van der Waals surface area contributed by atoms with Gasteiger partial charge in [-0.05, 0) is 67.6 Å². The van der Waals surface area contributed by atoms with Gasteiger partial charge in [-0.25, -0.2) is 0 Å². The van der Waals surface area contributed by atoms with E-state index in [0.717, 1.165) is 24.2 Å². The molecule has 1 aromatic carbocycles. The lowest BCUT2D eigenvalue weighted by Gasteiger charge is -2.50. The average molecular weight is 546 g/mol. The summed E-state index contributed by atoms with van der Waals surface area (Å²) in [4.78, 5) is 28.9. The van der Waals surface area contributed by atoms with Crippen LogP contribution in [0.1, 0.15) is 59.9 Å². The Bertz CT molecular complexity index is 1320. The number of carbonyl (C=O) groups excluding carboxylic acids is 2. The molecule has 4 aliphatic heterocycles. The van der Waals surface area contributed by atoms with Crippen molar-refractivity contribution in [1.82, 2.24) is 5.32 Å². The van der Waals surface area contributed by atoms with E-state index in [1.807, 2.05) is 25.1 Å². The van der Waals surface area contributed by atoms with Crippen molar-refractivity contribution in [3.63, 3.8) is 0 Å². The van der Waals surface area contributed by atoms with Crippen LogP contribution in [0.15, 0.2) is 48.6 Å². The van der Waals surface area contributed by atoms with Gasteiger partial charge in [0.1, 0.15) is 11.9 Å². The highest BCUT2D eigenvalue weighted by Crippen LogP contribution is 2.69. The molecule has 0 aromatic heterocycles. The molecule has 0 spiro atoms. The number of nitrogens with one attached hydrogen (secondary N) is 1. The summed E-state index contributed by atoms with van der Waals surface area (Å²) in [6, 6.07) is 8.19. The lowest BCUT2D eigenvalue weighted by Crippen LogP contribution is -2.54. The smallest absolute Gasteiger partial charge is 0.265 e. The number of morpholine rings is 1. The quantitative estimate of drug-likeness (QED) is 0.318. The fourth-order valence-corrected chi connectivity index (χ4v) is 10.7. The van der Waals surface area contributed by atoms with Crippen LogP contribution in [0.3, 0.4) is 0 Å². The normalized spacial score (nSPS) is 50.2. The molecule has 1 amide bonds. The average Bonchev–Trinajstić information content (AvgIpc) is 3.54. The van der Waals surface area contributed by atoms with Crippen molar-refractivity contribution >= 4 is 11.7 Å². The summed E-state index contributed by atoms with van der Waals surface area (Å²) in [7, 11) is 0. The standard InChI is InChI=1S/C34H43NO5/c1-8-31(6)16-20(5)24-23-26(31)28(36)34-29(40-34)33(38-9-2,35-30(34)37)17-21-10-12-22(13-11-21)39-27(23)25-19(4)14-18(3)15-32(24,25)7/h8,10-13,16,18-19,23-27,29H,1,9,14-15,17H2,2-7H3,(H,35,37). The van der Waals surface area contributed by atoms with Crippen LogP contribution in [0.25, 0.3) is 0 Å². The SMILES string of the molecule is C=CC1(C)C=C(C)C2C3C(Oc4ccc(cc4)CC4(OCC)NC(=O)C5(OC45)C(=O)C31)C1C(C)CC(C)CC21C. The number of benzene rings is 1. The van der Waals surface area contributed by atoms with Gasteiger partial charge in [0.15, 0.2) is 17.6 Å². The third-order valence-electron chi connectivity index (χ3n) is 11.7. The number of Topliss-reactive ketones (excluding diaryl/α,β-unsaturated/α-hetero) is 1. The van der Waals surface area contributed by atoms with E-state index in [9.17, 15) is 4.79 Å². The molecule has 1 aromatic rings. The summed E-state index contributed by atoms with van der Waals surface area (Å²) in [5, 5.41) is 3.11. The Morgan fingerprint density at radius 1 is 1.15 bits per heavy atom. The summed E-state index contributed by atoms with van der Waals surface area (Å²) in [5.74, 6) is 1.17. The predicted octanol–water partition coefficient (Wildman–Crippen LogP) is 5.26. The summed E-state index contributed by atoms with van der Waals surface area (Å²) in [6.45, 7) is 18.0. The van der Waals surface area contributed by atoms with Crippen LogP contribution in [0.5, 0.6) is 5.75 Å². The lowest BCUT2D eigenvalue weighted by atomic mass is 9.53. The third-order valence-corrected chi connectivity index (χ3v) is 11.7. The van der Waals surface area contributed by atoms with Crippen LogP contribution in [-0.2, 0) is 25.5 Å². The first kappa shape index (κ1) is 26.5. The number of amides is 1. The molecule has 0 radical (unpaired) electrons. The molecule has 214 valence electrons. The molecule has 4 bridgehead atoms. The molecule has 8 rings (SSSR count). The molecule has 12 unspecified atom stereocenters. The molecule has 40 heavy (non-hydrogen) atoms. The molecule has 7 aliphatic rings. The summed E-state index contributed by atoms with van der Waals surface area (Å²) in [6.07, 6.45) is 5.99. The minimum Gasteiger partial charge on any atom is -0.490 e. The van der Waals surface area contributed by atoms with Gasteiger partial charge in [0.25, 0.3) is 5.91 Å². The second-order valence-electron chi connectivity index (χ2n) is 14.3. The minimum atomic E-state index is -1.54. The Hall–Kier alpha value is -2.44. The maximum Gasteiger partial charge on any atom is 0.265 e. The number of fused-ring (bicyclic) bond motifs is 4. The van der Waals surface area contributed by atoms with Crippen molar-refractivity contribution in [1.29, 1.82) is 0 Å². The summed E-state index contributed by atoms with van der Waals surface area (Å²) >= 11 is 0. The Morgan fingerprint density at radius 3 is 2.52 bits per heavy atom. The van der Waals surface area contributed by atoms with E-state index in [4.69, 9.17) is 14.2 Å².